The second-order valence-electron chi connectivity index (χ2n) is 6.02. The van der Waals surface area contributed by atoms with E-state index in [4.69, 9.17) is 10.5 Å². The molecule has 0 saturated heterocycles. The van der Waals surface area contributed by atoms with Gasteiger partial charge in [0.1, 0.15) is 0 Å². The zero-order valence-corrected chi connectivity index (χ0v) is 12.1. The molecule has 0 aromatic carbocycles. The first-order valence-electron chi connectivity index (χ1n) is 6.68. The van der Waals surface area contributed by atoms with Gasteiger partial charge in [-0.1, -0.05) is 34.1 Å². The lowest BCUT2D eigenvalue weighted by Gasteiger charge is -2.32. The van der Waals surface area contributed by atoms with Crippen molar-refractivity contribution in [2.45, 2.75) is 60.3 Å². The highest BCUT2D eigenvalue weighted by Gasteiger charge is 2.38. The molecule has 0 aliphatic carbocycles. The smallest absolute Gasteiger partial charge is 0.313 e. The molecule has 1 atom stereocenters. The highest BCUT2D eigenvalue weighted by atomic mass is 16.5. The Kier molecular flexibility index (Phi) is 6.76. The van der Waals surface area contributed by atoms with Gasteiger partial charge in [0.2, 0.25) is 0 Å². The molecular formula is C14H29NO2. The molecule has 17 heavy (non-hydrogen) atoms. The number of esters is 1. The van der Waals surface area contributed by atoms with Crippen LogP contribution in [0.4, 0.5) is 0 Å². The van der Waals surface area contributed by atoms with Crippen molar-refractivity contribution in [2.75, 3.05) is 13.2 Å². The van der Waals surface area contributed by atoms with E-state index < -0.39 is 5.41 Å². The van der Waals surface area contributed by atoms with Crippen molar-refractivity contribution >= 4 is 5.97 Å². The van der Waals surface area contributed by atoms with Gasteiger partial charge in [-0.3, -0.25) is 4.79 Å². The van der Waals surface area contributed by atoms with E-state index in [2.05, 4.69) is 27.7 Å². The van der Waals surface area contributed by atoms with Gasteiger partial charge in [-0.2, -0.15) is 0 Å². The summed E-state index contributed by atoms with van der Waals surface area (Å²) in [5.41, 5.74) is 5.60. The van der Waals surface area contributed by atoms with Crippen molar-refractivity contribution in [3.63, 3.8) is 0 Å². The lowest BCUT2D eigenvalue weighted by molar-refractivity contribution is -0.156. The van der Waals surface area contributed by atoms with Gasteiger partial charge in [-0.25, -0.2) is 0 Å². The zero-order chi connectivity index (χ0) is 13.5. The first-order valence-corrected chi connectivity index (χ1v) is 6.68. The summed E-state index contributed by atoms with van der Waals surface area (Å²) in [4.78, 5) is 12.1. The van der Waals surface area contributed by atoms with Crippen molar-refractivity contribution in [2.24, 2.45) is 16.6 Å². The molecule has 3 heteroatoms. The minimum absolute atomic E-state index is 0.117. The fourth-order valence-electron chi connectivity index (χ4n) is 1.99. The van der Waals surface area contributed by atoms with E-state index in [9.17, 15) is 4.79 Å². The zero-order valence-electron chi connectivity index (χ0n) is 12.1. The second-order valence-corrected chi connectivity index (χ2v) is 6.02. The molecule has 0 radical (unpaired) electrons. The number of hydrogen-bond acceptors (Lipinski definition) is 3. The molecule has 3 nitrogen and oxygen atoms in total. The molecule has 0 fully saturated rings. The highest BCUT2D eigenvalue weighted by molar-refractivity contribution is 5.77. The van der Waals surface area contributed by atoms with Crippen molar-refractivity contribution in [1.82, 2.24) is 0 Å². The summed E-state index contributed by atoms with van der Waals surface area (Å²) in [7, 11) is 0. The number of carbonyl (C=O) groups excluding carboxylic acids is 1. The van der Waals surface area contributed by atoms with Crippen LogP contribution in [-0.2, 0) is 9.53 Å². The highest BCUT2D eigenvalue weighted by Crippen LogP contribution is 2.35. The molecule has 0 saturated carbocycles. The minimum atomic E-state index is -0.474. The number of ether oxygens (including phenoxy) is 1. The average Bonchev–Trinajstić information content (AvgIpc) is 2.23. The topological polar surface area (TPSA) is 52.3 Å². The predicted molar refractivity (Wildman–Crippen MR) is 71.7 cm³/mol. The maximum atomic E-state index is 12.1. The fourth-order valence-corrected chi connectivity index (χ4v) is 1.99. The average molecular weight is 243 g/mol. The lowest BCUT2D eigenvalue weighted by Crippen LogP contribution is -2.40. The van der Waals surface area contributed by atoms with Crippen LogP contribution < -0.4 is 5.73 Å². The SMILES string of the molecule is CCCC(CN)(CCC(C)(C)C)C(=O)OCC. The molecule has 0 aromatic rings. The third-order valence-electron chi connectivity index (χ3n) is 3.18. The Hall–Kier alpha value is -0.570. The molecule has 0 heterocycles. The number of rotatable bonds is 7. The lowest BCUT2D eigenvalue weighted by atomic mass is 9.75. The van der Waals surface area contributed by atoms with Gasteiger partial charge in [-0.15, -0.1) is 0 Å². The standard InChI is InChI=1S/C14H29NO2/c1-6-8-14(11-15,12(16)17-7-2)10-9-13(3,4)5/h6-11,15H2,1-5H3. The summed E-state index contributed by atoms with van der Waals surface area (Å²) in [5, 5.41) is 0. The number of nitrogens with two attached hydrogens (primary N) is 1. The van der Waals surface area contributed by atoms with Gasteiger partial charge in [0.25, 0.3) is 0 Å². The van der Waals surface area contributed by atoms with Crippen LogP contribution in [0.2, 0.25) is 0 Å². The van der Waals surface area contributed by atoms with Crippen molar-refractivity contribution in [3.8, 4) is 0 Å². The molecule has 0 aliphatic heterocycles. The molecule has 0 amide bonds. The van der Waals surface area contributed by atoms with Gasteiger partial charge in [0.05, 0.1) is 12.0 Å². The van der Waals surface area contributed by atoms with Crippen LogP contribution >= 0.6 is 0 Å². The van der Waals surface area contributed by atoms with Crippen molar-refractivity contribution < 1.29 is 9.53 Å². The summed E-state index contributed by atoms with van der Waals surface area (Å²) in [6.45, 7) is 11.3. The summed E-state index contributed by atoms with van der Waals surface area (Å²) >= 11 is 0. The van der Waals surface area contributed by atoms with Crippen LogP contribution in [0, 0.1) is 10.8 Å². The Labute approximate surface area is 106 Å². The van der Waals surface area contributed by atoms with E-state index in [-0.39, 0.29) is 11.4 Å². The molecule has 0 aliphatic rings. The van der Waals surface area contributed by atoms with Gasteiger partial charge in [0, 0.05) is 6.54 Å². The van der Waals surface area contributed by atoms with E-state index in [1.165, 1.54) is 0 Å². The molecule has 102 valence electrons. The largest absolute Gasteiger partial charge is 0.466 e. The Balaban J connectivity index is 4.75. The first-order chi connectivity index (χ1) is 7.81. The minimum Gasteiger partial charge on any atom is -0.466 e. The van der Waals surface area contributed by atoms with Crippen molar-refractivity contribution in [1.29, 1.82) is 0 Å². The Morgan fingerprint density at radius 2 is 1.71 bits per heavy atom. The van der Waals surface area contributed by atoms with E-state index in [0.717, 1.165) is 25.7 Å². The number of carbonyl (C=O) groups is 1. The van der Waals surface area contributed by atoms with Crippen LogP contribution in [0.1, 0.15) is 60.3 Å². The Morgan fingerprint density at radius 3 is 2.06 bits per heavy atom. The van der Waals surface area contributed by atoms with E-state index in [0.29, 0.717) is 13.2 Å². The van der Waals surface area contributed by atoms with Gasteiger partial charge in [-0.05, 0) is 31.6 Å². The number of hydrogen-bond donors (Lipinski definition) is 1. The maximum absolute atomic E-state index is 12.1. The normalized spacial score (nSPS) is 15.4. The molecule has 0 bridgehead atoms. The third kappa shape index (κ3) is 5.53. The van der Waals surface area contributed by atoms with Gasteiger partial charge < -0.3 is 10.5 Å². The van der Waals surface area contributed by atoms with E-state index >= 15 is 0 Å². The predicted octanol–water partition coefficient (Wildman–Crippen LogP) is 3.12. The Bertz CT molecular complexity index is 233. The van der Waals surface area contributed by atoms with E-state index in [1.807, 2.05) is 6.92 Å². The van der Waals surface area contributed by atoms with Crippen LogP contribution in [0.25, 0.3) is 0 Å². The molecule has 1 unspecified atom stereocenters. The van der Waals surface area contributed by atoms with Gasteiger partial charge >= 0.3 is 5.97 Å². The first kappa shape index (κ1) is 16.4. The monoisotopic (exact) mass is 243 g/mol. The summed E-state index contributed by atoms with van der Waals surface area (Å²) in [6, 6.07) is 0. The van der Waals surface area contributed by atoms with Gasteiger partial charge in [0.15, 0.2) is 0 Å². The summed E-state index contributed by atoms with van der Waals surface area (Å²) in [6.07, 6.45) is 3.58. The van der Waals surface area contributed by atoms with Crippen LogP contribution in [0.15, 0.2) is 0 Å². The maximum Gasteiger partial charge on any atom is 0.313 e. The Morgan fingerprint density at radius 1 is 1.12 bits per heavy atom. The third-order valence-corrected chi connectivity index (χ3v) is 3.18. The quantitative estimate of drug-likeness (QED) is 0.699. The molecule has 0 rings (SSSR count). The summed E-state index contributed by atoms with van der Waals surface area (Å²) in [5.74, 6) is -0.117. The summed E-state index contributed by atoms with van der Waals surface area (Å²) < 4.78 is 5.20. The van der Waals surface area contributed by atoms with Crippen molar-refractivity contribution in [3.05, 3.63) is 0 Å². The molecule has 2 N–H and O–H groups in total. The fraction of sp³-hybridized carbons (Fsp3) is 0.929. The van der Waals surface area contributed by atoms with Crippen LogP contribution in [0.3, 0.4) is 0 Å². The molecule has 0 aromatic heterocycles. The second kappa shape index (κ2) is 7.00. The van der Waals surface area contributed by atoms with Crippen LogP contribution in [0.5, 0.6) is 0 Å². The van der Waals surface area contributed by atoms with Crippen LogP contribution in [-0.4, -0.2) is 19.1 Å². The molecule has 0 spiro atoms. The van der Waals surface area contributed by atoms with E-state index in [1.54, 1.807) is 0 Å². The molecular weight excluding hydrogens is 214 g/mol.